The maximum absolute atomic E-state index is 13.7. The number of benzene rings is 8. The third-order valence-corrected chi connectivity index (χ3v) is 27.0. The Labute approximate surface area is 833 Å². The van der Waals surface area contributed by atoms with E-state index >= 15 is 0 Å². The number of rotatable bonds is 30. The molecule has 0 atom stereocenters. The molecule has 16 aromatic rings. The van der Waals surface area contributed by atoms with E-state index in [1.165, 1.54) is 56.1 Å². The van der Waals surface area contributed by atoms with Crippen molar-refractivity contribution >= 4 is 51.5 Å². The molecule has 3 fully saturated rings. The van der Waals surface area contributed by atoms with Crippen LogP contribution in [0.5, 0.6) is 23.0 Å². The van der Waals surface area contributed by atoms with E-state index in [4.69, 9.17) is 9.47 Å². The number of ether oxygens (including phenoxy) is 2. The van der Waals surface area contributed by atoms with Gasteiger partial charge in [-0.2, -0.15) is 0 Å². The summed E-state index contributed by atoms with van der Waals surface area (Å²) >= 11 is 0. The number of fused-ring (bicyclic) bond motifs is 4. The Balaban J connectivity index is 0.000000138. The number of aromatic nitrogens is 5. The van der Waals surface area contributed by atoms with Gasteiger partial charge < -0.3 is 59.5 Å². The molecular weight excluding hydrogens is 1840 g/mol. The Kier molecular flexibility index (Phi) is 32.9. The minimum absolute atomic E-state index is 0.000953. The largest absolute Gasteiger partial charge is 0.506 e. The molecule has 3 saturated carbocycles. The summed E-state index contributed by atoms with van der Waals surface area (Å²) in [5.41, 5.74) is 19.8. The molecule has 18 nitrogen and oxygen atoms in total. The number of nitrogens with zero attached hydrogens (tertiary/aromatic N) is 5. The molecule has 3 aliphatic rings. The van der Waals surface area contributed by atoms with Crippen LogP contribution in [0.4, 0.5) is 40.9 Å². The van der Waals surface area contributed by atoms with E-state index < -0.39 is 46.5 Å². The van der Waals surface area contributed by atoms with Crippen molar-refractivity contribution in [3.63, 3.8) is 0 Å². The summed E-state index contributed by atoms with van der Waals surface area (Å²) in [6, 6.07) is 66.6. The molecule has 8 aromatic carbocycles. The zero-order valence-electron chi connectivity index (χ0n) is 82.0. The van der Waals surface area contributed by atoms with Crippen LogP contribution in [0.25, 0.3) is 22.1 Å². The van der Waals surface area contributed by atoms with E-state index in [1.54, 1.807) is 27.4 Å². The Bertz CT molecular complexity index is 7050. The lowest BCUT2D eigenvalue weighted by Gasteiger charge is -2.15. The van der Waals surface area contributed by atoms with Crippen molar-refractivity contribution in [2.45, 2.75) is 226 Å². The number of aromatic hydroxyl groups is 2. The van der Waals surface area contributed by atoms with Crippen LogP contribution >= 0.6 is 0 Å². The highest BCUT2D eigenvalue weighted by atomic mass is 19.2. The lowest BCUT2D eigenvalue weighted by atomic mass is 9.93. The summed E-state index contributed by atoms with van der Waals surface area (Å²) in [4.78, 5) is 58.8. The van der Waals surface area contributed by atoms with E-state index in [0.717, 1.165) is 200 Å². The summed E-state index contributed by atoms with van der Waals surface area (Å²) < 4.78 is 128. The molecular formula is C118H120F8N10O8. The van der Waals surface area contributed by atoms with Crippen molar-refractivity contribution in [2.75, 3.05) is 5.32 Å². The Hall–Kier alpha value is -15.0. The smallest absolute Gasteiger partial charge is 0.268 e. The number of hydrogen-bond acceptors (Lipinski definition) is 10. The van der Waals surface area contributed by atoms with E-state index in [9.17, 15) is 64.5 Å². The first-order chi connectivity index (χ1) is 69.5. The number of anilines is 1. The van der Waals surface area contributed by atoms with Crippen LogP contribution in [0, 0.1) is 46.5 Å². The molecule has 26 heteroatoms. The van der Waals surface area contributed by atoms with E-state index in [2.05, 4.69) is 95.7 Å². The molecule has 0 bridgehead atoms. The van der Waals surface area contributed by atoms with Gasteiger partial charge in [-0.25, -0.2) is 40.1 Å². The van der Waals surface area contributed by atoms with Gasteiger partial charge >= 0.3 is 0 Å². The Morgan fingerprint density at radius 3 is 1.03 bits per heavy atom. The first kappa shape index (κ1) is 102. The molecule has 4 amide bonds. The van der Waals surface area contributed by atoms with Crippen LogP contribution in [-0.2, 0) is 51.9 Å². The van der Waals surface area contributed by atoms with Gasteiger partial charge in [-0.1, -0.05) is 214 Å². The van der Waals surface area contributed by atoms with Gasteiger partial charge in [0.25, 0.3) is 23.6 Å². The number of halogens is 8. The van der Waals surface area contributed by atoms with E-state index in [0.29, 0.717) is 82.5 Å². The summed E-state index contributed by atoms with van der Waals surface area (Å²) in [5.74, 6) is -6.44. The molecule has 8 heterocycles. The van der Waals surface area contributed by atoms with Gasteiger partial charge in [-0.3, -0.25) is 23.6 Å². The molecule has 3 aliphatic carbocycles. The monoisotopic (exact) mass is 1960 g/mol. The van der Waals surface area contributed by atoms with Gasteiger partial charge in [0.1, 0.15) is 46.4 Å². The second-order valence-corrected chi connectivity index (χ2v) is 38.7. The maximum Gasteiger partial charge on any atom is 0.268 e. The number of hydrogen-bond donors (Lipinski definition) is 7. The van der Waals surface area contributed by atoms with Crippen LogP contribution in [0.1, 0.15) is 287 Å². The molecule has 144 heavy (non-hydrogen) atoms. The SMILES string of the molecule is CC(C)c1c(Cc2ccccc2)c2cc(NC3CCCC3)ncn2c1C(=O)NCc1ccc(F)c(F)c1.CC(C)c1c(Cc2ccccc2)c2cc(OC3CCCC3)c(O)cn2c1C(=O)NCc1ccc(F)c(F)c1.CC(C)c1c(Cc2ccccc2)c2cc(OC3CCCC3)ccn2c1C(=O)NCc1ccc(F)c(F)c1.CC(C)c1c(Cc2ccccc2)c2ccc(O)cn2c1C(=O)NCc1ccc(F)c(F)c1. The lowest BCUT2D eigenvalue weighted by molar-refractivity contribution is 0.0935. The van der Waals surface area contributed by atoms with Gasteiger partial charge in [0.05, 0.1) is 41.2 Å². The zero-order valence-corrected chi connectivity index (χ0v) is 82.0. The van der Waals surface area contributed by atoms with Gasteiger partial charge in [0.15, 0.2) is 58.0 Å². The highest BCUT2D eigenvalue weighted by molar-refractivity contribution is 6.00. The van der Waals surface area contributed by atoms with Gasteiger partial charge in [-0.05, 0) is 269 Å². The minimum Gasteiger partial charge on any atom is -0.506 e. The van der Waals surface area contributed by atoms with E-state index in [-0.39, 0.29) is 97.2 Å². The second-order valence-electron chi connectivity index (χ2n) is 38.7. The van der Waals surface area contributed by atoms with Crippen molar-refractivity contribution in [3.05, 3.63) is 414 Å². The molecule has 7 N–H and O–H groups in total. The Morgan fingerprint density at radius 1 is 0.340 bits per heavy atom. The molecule has 0 radical (unpaired) electrons. The van der Waals surface area contributed by atoms with Gasteiger partial charge in [0, 0.05) is 62.1 Å². The predicted octanol–water partition coefficient (Wildman–Crippen LogP) is 26.3. The van der Waals surface area contributed by atoms with Crippen molar-refractivity contribution in [3.8, 4) is 23.0 Å². The third-order valence-electron chi connectivity index (χ3n) is 27.0. The number of nitrogens with one attached hydrogen (secondary N) is 5. The summed E-state index contributed by atoms with van der Waals surface area (Å²) in [6.45, 7) is 16.7. The first-order valence-electron chi connectivity index (χ1n) is 49.6. The average Bonchev–Trinajstić information content (AvgIpc) is 1.59. The number of pyridine rings is 3. The standard InChI is InChI=1S/C31H32F2N2O3.C31H32F2N2O2.C30H32F2N4O.C26H24F2N2O2/c1-19(2)29-23(14-20-8-4-3-5-9-20)26-16-28(38-22-10-6-7-11-22)27(36)18-35(26)30(29)31(37)34-17-21-12-13-24(32)25(33)15-21;1-20(2)29-25(16-21-8-4-3-5-9-21)28-18-24(37-23-10-6-7-11-23)14-15-35(28)30(29)31(36)34-19-22-12-13-26(32)27(33)17-22;1-19(2)28-23(14-20-8-4-3-5-9-20)26-16-27(35-22-10-6-7-11-22)34-18-36(26)29(28)30(37)33-17-21-12-13-24(31)25(32)15-21;1-16(2)24-20(12-17-6-4-3-5-7-17)23-11-9-19(31)15-30(23)25(24)26(32)29-14-18-8-10-21(27)22(28)13-18/h3-5,8-9,12-13,15-16,18-19,22,36H,6-7,10-11,14,17H2,1-2H3,(H,34,37);3-5,8-9,12-15,17-18,20,23H,6-7,10-11,16,19H2,1-2H3,(H,34,36);3-5,8-9,12-13,15-16,18-19,22,35H,6-7,10-11,14,17H2,1-2H3,(H,33,37);3-11,13,15-16,31H,12,14H2,1-2H3,(H,29,32). The van der Waals surface area contributed by atoms with Crippen molar-refractivity contribution in [2.24, 2.45) is 0 Å². The van der Waals surface area contributed by atoms with Crippen LogP contribution < -0.4 is 36.1 Å². The highest BCUT2D eigenvalue weighted by Crippen LogP contribution is 2.43. The number of carbonyl (C=O) groups excluding carboxylic acids is 4. The minimum atomic E-state index is -0.961. The molecule has 0 unspecified atom stereocenters. The molecule has 746 valence electrons. The van der Waals surface area contributed by atoms with Crippen LogP contribution in [0.2, 0.25) is 0 Å². The Morgan fingerprint density at radius 2 is 0.667 bits per heavy atom. The van der Waals surface area contributed by atoms with Crippen molar-refractivity contribution < 1.29 is 74.0 Å². The fourth-order valence-corrected chi connectivity index (χ4v) is 20.2. The highest BCUT2D eigenvalue weighted by Gasteiger charge is 2.34. The number of carbonyl (C=O) groups is 4. The van der Waals surface area contributed by atoms with Crippen molar-refractivity contribution in [1.82, 2.24) is 43.9 Å². The maximum atomic E-state index is 13.7. The predicted molar refractivity (Wildman–Crippen MR) is 546 cm³/mol. The summed E-state index contributed by atoms with van der Waals surface area (Å²) in [7, 11) is 0. The molecule has 19 rings (SSSR count). The molecule has 8 aromatic heterocycles. The van der Waals surface area contributed by atoms with Gasteiger partial charge in [0.2, 0.25) is 0 Å². The van der Waals surface area contributed by atoms with Crippen molar-refractivity contribution in [1.29, 1.82) is 0 Å². The van der Waals surface area contributed by atoms with Crippen LogP contribution in [0.3, 0.4) is 0 Å². The average molecular weight is 1960 g/mol. The van der Waals surface area contributed by atoms with E-state index in [1.807, 2.05) is 158 Å². The molecule has 0 saturated heterocycles. The zero-order chi connectivity index (χ0) is 102. The topological polar surface area (TPSA) is 218 Å². The normalized spacial score (nSPS) is 13.4. The van der Waals surface area contributed by atoms with Gasteiger partial charge in [-0.15, -0.1) is 0 Å². The summed E-state index contributed by atoms with van der Waals surface area (Å²) in [6.07, 6.45) is 23.0. The molecule has 0 spiro atoms. The van der Waals surface area contributed by atoms with Crippen LogP contribution in [0.15, 0.2) is 255 Å². The quantitative estimate of drug-likeness (QED) is 0.0211. The molecule has 0 aliphatic heterocycles. The number of amides is 4. The fraction of sp³-hybridized carbons (Fsp3) is 0.297. The van der Waals surface area contributed by atoms with Crippen LogP contribution in [-0.4, -0.2) is 74.7 Å². The first-order valence-corrected chi connectivity index (χ1v) is 49.6. The lowest BCUT2D eigenvalue weighted by Crippen LogP contribution is -2.26. The fourth-order valence-electron chi connectivity index (χ4n) is 20.2. The second kappa shape index (κ2) is 46.4. The summed E-state index contributed by atoms with van der Waals surface area (Å²) in [5, 5.41) is 36.1. The third kappa shape index (κ3) is 24.2.